The molecule has 2 aliphatic rings. The summed E-state index contributed by atoms with van der Waals surface area (Å²) in [7, 11) is -4.47. The Balaban J connectivity index is 0.000000371. The molecule has 4 heterocycles. The third-order valence-electron chi connectivity index (χ3n) is 12.7. The standard InChI is InChI=1S/C23H40N6O6Si.C23H42N4O6Si/c1-10-33-19(30)18-17-15-27(21(32)34-22(2,3)4)11-12-28(17)20(31)29(18)14-16(13-25-26-24)35-36(8,9)23(5,6)7;1-10-31-19(28)18-17-15-25(21(30)32-22(2,3)4)11-12-26(17)20(29)27(18)14-16(13-24)33-34(8,9)23(5,6)7/h16H,10-15H2,1-9H3;16H,10-15,24H2,1-9H3. The van der Waals surface area contributed by atoms with Gasteiger partial charge < -0.3 is 43.3 Å². The van der Waals surface area contributed by atoms with Crippen LogP contribution in [0, 0.1) is 0 Å². The average molecular weight is 1020 g/mol. The van der Waals surface area contributed by atoms with Crippen LogP contribution in [0.2, 0.25) is 36.3 Å². The van der Waals surface area contributed by atoms with Crippen LogP contribution in [0.25, 0.3) is 10.4 Å². The third-order valence-corrected chi connectivity index (χ3v) is 21.8. The van der Waals surface area contributed by atoms with Crippen LogP contribution in [0.3, 0.4) is 0 Å². The molecule has 0 saturated heterocycles. The summed E-state index contributed by atoms with van der Waals surface area (Å²) in [6.07, 6.45) is -2.08. The summed E-state index contributed by atoms with van der Waals surface area (Å²) in [5.74, 6) is -1.27. The van der Waals surface area contributed by atoms with Crippen molar-refractivity contribution in [3.8, 4) is 0 Å². The van der Waals surface area contributed by atoms with Gasteiger partial charge in [-0.1, -0.05) is 46.7 Å². The van der Waals surface area contributed by atoms with Gasteiger partial charge >= 0.3 is 35.5 Å². The fourth-order valence-corrected chi connectivity index (χ4v) is 9.89. The number of amides is 2. The van der Waals surface area contributed by atoms with E-state index >= 15 is 0 Å². The first-order valence-electron chi connectivity index (χ1n) is 24.1. The van der Waals surface area contributed by atoms with E-state index in [0.29, 0.717) is 17.9 Å². The topological polar surface area (TPSA) is 259 Å². The number of esters is 2. The van der Waals surface area contributed by atoms with Gasteiger partial charge in [0.25, 0.3) is 0 Å². The minimum Gasteiger partial charge on any atom is -0.461 e. The van der Waals surface area contributed by atoms with Gasteiger partial charge in [-0.2, -0.15) is 0 Å². The van der Waals surface area contributed by atoms with Crippen molar-refractivity contribution < 1.29 is 47.0 Å². The summed E-state index contributed by atoms with van der Waals surface area (Å²) < 4.78 is 40.2. The number of hydrogen-bond acceptors (Lipinski definition) is 14. The molecule has 24 heteroatoms. The summed E-state index contributed by atoms with van der Waals surface area (Å²) in [6, 6.07) is 0. The van der Waals surface area contributed by atoms with Gasteiger partial charge in [-0.15, -0.1) is 0 Å². The number of azide groups is 1. The lowest BCUT2D eigenvalue weighted by molar-refractivity contribution is 0.0186. The van der Waals surface area contributed by atoms with Crippen molar-refractivity contribution in [1.82, 2.24) is 28.1 Å². The predicted octanol–water partition coefficient (Wildman–Crippen LogP) is 7.20. The molecule has 0 fully saturated rings. The number of imidazole rings is 2. The summed E-state index contributed by atoms with van der Waals surface area (Å²) in [4.78, 5) is 84.0. The minimum atomic E-state index is -2.30. The summed E-state index contributed by atoms with van der Waals surface area (Å²) in [6.45, 7) is 36.8. The first-order chi connectivity index (χ1) is 32.0. The second-order valence-electron chi connectivity index (χ2n) is 22.6. The number of hydrogen-bond donors (Lipinski definition) is 1. The summed E-state index contributed by atoms with van der Waals surface area (Å²) in [5, 5.41) is 3.54. The quantitative estimate of drug-likeness (QED) is 0.0463. The molecule has 70 heavy (non-hydrogen) atoms. The van der Waals surface area contributed by atoms with E-state index in [2.05, 4.69) is 77.8 Å². The number of carbonyl (C=O) groups excluding carboxylic acids is 4. The average Bonchev–Trinajstić information content (AvgIpc) is 3.65. The van der Waals surface area contributed by atoms with Gasteiger partial charge in [-0.25, -0.2) is 28.8 Å². The molecule has 0 bridgehead atoms. The SMILES string of the molecule is CCOC(=O)c1c2n(c(=O)n1CC(CN)O[Si](C)(C)C(C)(C)C)CCN(C(=O)OC(C)(C)C)C2.CCOC(=O)c1c2n(c(=O)n1CC(CN=[N+]=[N-])O[Si](C)(C)C(C)(C)C)CCN(C(=O)OC(C)(C)C)C2. The van der Waals surface area contributed by atoms with E-state index in [1.807, 2.05) is 0 Å². The van der Waals surface area contributed by atoms with Gasteiger partial charge in [0.2, 0.25) is 0 Å². The number of carbonyl (C=O) groups is 4. The number of fused-ring (bicyclic) bond motifs is 2. The molecule has 2 unspecified atom stereocenters. The monoisotopic (exact) mass is 1020 g/mol. The molecule has 0 aliphatic carbocycles. The maximum Gasteiger partial charge on any atom is 0.410 e. The maximum atomic E-state index is 13.5. The van der Waals surface area contributed by atoms with E-state index in [4.69, 9.17) is 39.1 Å². The molecule has 0 radical (unpaired) electrons. The Labute approximate surface area is 414 Å². The van der Waals surface area contributed by atoms with E-state index in [9.17, 15) is 28.8 Å². The van der Waals surface area contributed by atoms with Crippen LogP contribution >= 0.6 is 0 Å². The Morgan fingerprint density at radius 2 is 1.00 bits per heavy atom. The van der Waals surface area contributed by atoms with E-state index in [0.717, 1.165) is 0 Å². The molecule has 4 rings (SSSR count). The second kappa shape index (κ2) is 23.1. The Kier molecular flexibility index (Phi) is 19.6. The van der Waals surface area contributed by atoms with E-state index in [1.165, 1.54) is 28.1 Å². The first kappa shape index (κ1) is 59.4. The second-order valence-corrected chi connectivity index (χ2v) is 32.1. The fourth-order valence-electron chi connectivity index (χ4n) is 7.20. The molecule has 2 aromatic heterocycles. The highest BCUT2D eigenvalue weighted by Crippen LogP contribution is 2.39. The molecule has 2 amide bonds. The zero-order valence-corrected chi connectivity index (χ0v) is 47.1. The molecule has 396 valence electrons. The van der Waals surface area contributed by atoms with Crippen molar-refractivity contribution in [1.29, 1.82) is 0 Å². The minimum absolute atomic E-state index is 0.00224. The van der Waals surface area contributed by atoms with Crippen molar-refractivity contribution >= 4 is 40.8 Å². The summed E-state index contributed by atoms with van der Waals surface area (Å²) in [5.41, 5.74) is 13.9. The lowest BCUT2D eigenvalue weighted by Crippen LogP contribution is -2.48. The Morgan fingerprint density at radius 1 is 0.643 bits per heavy atom. The lowest BCUT2D eigenvalue weighted by atomic mass is 10.2. The number of nitrogens with two attached hydrogens (primary N) is 1. The van der Waals surface area contributed by atoms with Crippen molar-refractivity contribution in [3.63, 3.8) is 0 Å². The lowest BCUT2D eigenvalue weighted by Gasteiger charge is -2.39. The third kappa shape index (κ3) is 15.1. The van der Waals surface area contributed by atoms with Crippen molar-refractivity contribution in [2.75, 3.05) is 39.4 Å². The van der Waals surface area contributed by atoms with Crippen LogP contribution in [0.4, 0.5) is 9.59 Å². The molecule has 0 aromatic carbocycles. The highest BCUT2D eigenvalue weighted by atomic mass is 28.4. The maximum absolute atomic E-state index is 13.5. The molecule has 2 aromatic rings. The Bertz CT molecular complexity index is 2350. The largest absolute Gasteiger partial charge is 0.461 e. The van der Waals surface area contributed by atoms with Crippen molar-refractivity contribution in [3.05, 3.63) is 54.2 Å². The van der Waals surface area contributed by atoms with Crippen molar-refractivity contribution in [2.24, 2.45) is 10.8 Å². The molecule has 2 aliphatic heterocycles. The van der Waals surface area contributed by atoms with Crippen LogP contribution in [0.5, 0.6) is 0 Å². The van der Waals surface area contributed by atoms with Crippen LogP contribution in [-0.2, 0) is 67.1 Å². The molecule has 0 spiro atoms. The van der Waals surface area contributed by atoms with Crippen LogP contribution in [-0.4, -0.2) is 132 Å². The number of ether oxygens (including phenoxy) is 4. The normalized spacial score (nSPS) is 15.4. The van der Waals surface area contributed by atoms with Gasteiger partial charge in [-0.3, -0.25) is 18.3 Å². The molecule has 0 saturated carbocycles. The molecule has 2 N–H and O–H groups in total. The highest BCUT2D eigenvalue weighted by Gasteiger charge is 2.42. The van der Waals surface area contributed by atoms with E-state index in [-0.39, 0.29) is 99.3 Å². The van der Waals surface area contributed by atoms with Gasteiger partial charge in [0.15, 0.2) is 28.0 Å². The molecule has 22 nitrogen and oxygen atoms in total. The van der Waals surface area contributed by atoms with Crippen molar-refractivity contribution in [2.45, 2.75) is 196 Å². The molecule has 2 atom stereocenters. The number of rotatable bonds is 15. The Hall–Kier alpha value is -4.88. The predicted molar refractivity (Wildman–Crippen MR) is 270 cm³/mol. The van der Waals surface area contributed by atoms with Gasteiger partial charge in [0, 0.05) is 37.6 Å². The van der Waals surface area contributed by atoms with Crippen LogP contribution in [0.1, 0.15) is 129 Å². The van der Waals surface area contributed by atoms with Gasteiger partial charge in [0.1, 0.15) is 11.2 Å². The smallest absolute Gasteiger partial charge is 0.410 e. The summed E-state index contributed by atoms with van der Waals surface area (Å²) >= 11 is 0. The van der Waals surface area contributed by atoms with E-state index < -0.39 is 69.9 Å². The zero-order chi connectivity index (χ0) is 53.5. The van der Waals surface area contributed by atoms with Gasteiger partial charge in [0.05, 0.1) is 69.5 Å². The fraction of sp³-hybridized carbons (Fsp3) is 0.783. The van der Waals surface area contributed by atoms with Crippen LogP contribution in [0.15, 0.2) is 14.7 Å². The van der Waals surface area contributed by atoms with E-state index in [1.54, 1.807) is 55.4 Å². The molecular weight excluding hydrogens is 941 g/mol. The highest BCUT2D eigenvalue weighted by molar-refractivity contribution is 6.74. The van der Waals surface area contributed by atoms with Gasteiger partial charge in [-0.05, 0) is 97.2 Å². The first-order valence-corrected chi connectivity index (χ1v) is 29.9. The number of aromatic nitrogens is 4. The number of nitrogens with zero attached hydrogens (tertiary/aromatic N) is 9. The Morgan fingerprint density at radius 3 is 1.31 bits per heavy atom. The zero-order valence-electron chi connectivity index (χ0n) is 45.1. The van der Waals surface area contributed by atoms with Crippen LogP contribution < -0.4 is 17.1 Å². The molecular formula is C46H82N10O12Si2.